The Kier molecular flexibility index (Phi) is 4.30. The van der Waals surface area contributed by atoms with Gasteiger partial charge >= 0.3 is 12.0 Å². The van der Waals surface area contributed by atoms with E-state index in [9.17, 15) is 9.59 Å². The average Bonchev–Trinajstić information content (AvgIpc) is 2.72. The molecule has 3 N–H and O–H groups in total. The molecule has 7 nitrogen and oxygen atoms in total. The molecule has 0 aliphatic rings. The van der Waals surface area contributed by atoms with Gasteiger partial charge in [-0.25, -0.2) is 9.59 Å². The van der Waals surface area contributed by atoms with Crippen LogP contribution in [0.1, 0.15) is 25.8 Å². The number of carboxylic acids is 1. The number of carbonyl (C=O) groups is 2. The van der Waals surface area contributed by atoms with Crippen molar-refractivity contribution in [1.29, 1.82) is 0 Å². The highest BCUT2D eigenvalue weighted by Gasteiger charge is 2.32. The van der Waals surface area contributed by atoms with Gasteiger partial charge in [0.2, 0.25) is 0 Å². The Morgan fingerprint density at radius 2 is 2.22 bits per heavy atom. The lowest BCUT2D eigenvalue weighted by Gasteiger charge is -2.24. The van der Waals surface area contributed by atoms with E-state index in [1.54, 1.807) is 31.0 Å². The first-order valence-corrected chi connectivity index (χ1v) is 5.64. The maximum absolute atomic E-state index is 11.6. The highest BCUT2D eigenvalue weighted by Crippen LogP contribution is 2.08. The third kappa shape index (κ3) is 3.47. The summed E-state index contributed by atoms with van der Waals surface area (Å²) in [6, 6.07) is -0.509. The van der Waals surface area contributed by atoms with Crippen LogP contribution in [0.25, 0.3) is 0 Å². The van der Waals surface area contributed by atoms with Gasteiger partial charge in [-0.1, -0.05) is 6.92 Å². The van der Waals surface area contributed by atoms with Gasteiger partial charge in [0.1, 0.15) is 5.54 Å². The molecule has 7 heteroatoms. The topological polar surface area (TPSA) is 96.3 Å². The minimum atomic E-state index is -1.25. The number of aromatic nitrogens is 2. The molecule has 2 amide bonds. The van der Waals surface area contributed by atoms with Crippen LogP contribution < -0.4 is 10.6 Å². The quantitative estimate of drug-likeness (QED) is 0.711. The lowest BCUT2D eigenvalue weighted by atomic mass is 10.00. The van der Waals surface area contributed by atoms with E-state index in [0.717, 1.165) is 5.56 Å². The van der Waals surface area contributed by atoms with E-state index < -0.39 is 17.5 Å². The summed E-state index contributed by atoms with van der Waals surface area (Å²) < 4.78 is 1.63. The van der Waals surface area contributed by atoms with E-state index in [2.05, 4.69) is 15.7 Å². The second-order valence-corrected chi connectivity index (χ2v) is 4.32. The summed E-state index contributed by atoms with van der Waals surface area (Å²) in [6.45, 7) is 3.48. The minimum absolute atomic E-state index is 0.305. The van der Waals surface area contributed by atoms with E-state index in [-0.39, 0.29) is 0 Å². The average molecular weight is 254 g/mol. The van der Waals surface area contributed by atoms with Crippen molar-refractivity contribution in [1.82, 2.24) is 20.4 Å². The van der Waals surface area contributed by atoms with Gasteiger partial charge in [0.25, 0.3) is 0 Å². The van der Waals surface area contributed by atoms with E-state index >= 15 is 0 Å². The molecule has 0 saturated carbocycles. The van der Waals surface area contributed by atoms with Crippen molar-refractivity contribution in [2.24, 2.45) is 7.05 Å². The zero-order chi connectivity index (χ0) is 13.8. The first-order valence-electron chi connectivity index (χ1n) is 5.64. The van der Waals surface area contributed by atoms with Crippen LogP contribution in [0.2, 0.25) is 0 Å². The standard InChI is InChI=1S/C11H18N4O3/c1-4-11(2,9(16)17)14-10(18)12-5-8-6-13-15(3)7-8/h6-7H,4-5H2,1-3H3,(H,16,17)(H2,12,14,18). The number of aliphatic carboxylic acids is 1. The van der Waals surface area contributed by atoms with E-state index in [1.807, 2.05) is 0 Å². The zero-order valence-electron chi connectivity index (χ0n) is 10.7. The molecule has 1 aromatic rings. The Morgan fingerprint density at radius 1 is 1.56 bits per heavy atom. The normalized spacial score (nSPS) is 13.7. The van der Waals surface area contributed by atoms with Crippen LogP contribution >= 0.6 is 0 Å². The van der Waals surface area contributed by atoms with E-state index in [4.69, 9.17) is 5.11 Å². The number of aryl methyl sites for hydroxylation is 1. The third-order valence-corrected chi connectivity index (χ3v) is 2.78. The predicted octanol–water partition coefficient (Wildman–Crippen LogP) is 0.473. The number of carboxylic acid groups (broad SMARTS) is 1. The number of hydrogen-bond acceptors (Lipinski definition) is 3. The number of amides is 2. The lowest BCUT2D eigenvalue weighted by molar-refractivity contribution is -0.143. The van der Waals surface area contributed by atoms with Gasteiger partial charge in [0.05, 0.1) is 6.20 Å². The molecule has 18 heavy (non-hydrogen) atoms. The van der Waals surface area contributed by atoms with Crippen LogP contribution in [0.15, 0.2) is 12.4 Å². The summed E-state index contributed by atoms with van der Waals surface area (Å²) in [5, 5.41) is 18.0. The summed E-state index contributed by atoms with van der Waals surface area (Å²) in [5.74, 6) is -1.05. The SMILES string of the molecule is CCC(C)(NC(=O)NCc1cnn(C)c1)C(=O)O. The molecule has 0 spiro atoms. The first-order chi connectivity index (χ1) is 8.37. The first kappa shape index (κ1) is 14.0. The highest BCUT2D eigenvalue weighted by atomic mass is 16.4. The van der Waals surface area contributed by atoms with Crippen molar-refractivity contribution in [3.63, 3.8) is 0 Å². The Balaban J connectivity index is 2.49. The van der Waals surface area contributed by atoms with Gasteiger partial charge in [-0.2, -0.15) is 5.10 Å². The van der Waals surface area contributed by atoms with Crippen molar-refractivity contribution in [3.05, 3.63) is 18.0 Å². The van der Waals surface area contributed by atoms with Crippen molar-refractivity contribution in [2.75, 3.05) is 0 Å². The van der Waals surface area contributed by atoms with Gasteiger partial charge in [0, 0.05) is 25.4 Å². The number of rotatable bonds is 5. The predicted molar refractivity (Wildman–Crippen MR) is 64.9 cm³/mol. The summed E-state index contributed by atoms with van der Waals surface area (Å²) in [7, 11) is 1.78. The Bertz CT molecular complexity index is 443. The molecule has 1 heterocycles. The largest absolute Gasteiger partial charge is 0.480 e. The number of urea groups is 1. The molecule has 0 bridgehead atoms. The van der Waals surface area contributed by atoms with Gasteiger partial charge in [-0.15, -0.1) is 0 Å². The fourth-order valence-electron chi connectivity index (χ4n) is 1.33. The van der Waals surface area contributed by atoms with Gasteiger partial charge < -0.3 is 15.7 Å². The van der Waals surface area contributed by atoms with E-state index in [1.165, 1.54) is 6.92 Å². The number of hydrogen-bond donors (Lipinski definition) is 3. The second-order valence-electron chi connectivity index (χ2n) is 4.32. The number of carbonyl (C=O) groups excluding carboxylic acids is 1. The maximum atomic E-state index is 11.6. The Hall–Kier alpha value is -2.05. The highest BCUT2D eigenvalue weighted by molar-refractivity contribution is 5.85. The van der Waals surface area contributed by atoms with Gasteiger partial charge in [0.15, 0.2) is 0 Å². The fourth-order valence-corrected chi connectivity index (χ4v) is 1.33. The van der Waals surface area contributed by atoms with Crippen LogP contribution in [0, 0.1) is 0 Å². The summed E-state index contributed by atoms with van der Waals surface area (Å²) in [6.07, 6.45) is 3.72. The van der Waals surface area contributed by atoms with Gasteiger partial charge in [-0.05, 0) is 13.3 Å². The molecule has 1 rings (SSSR count). The summed E-state index contributed by atoms with van der Waals surface area (Å²) >= 11 is 0. The van der Waals surface area contributed by atoms with Crippen LogP contribution in [-0.4, -0.2) is 32.4 Å². The Labute approximate surface area is 105 Å². The molecule has 0 aliphatic heterocycles. The maximum Gasteiger partial charge on any atom is 0.329 e. The van der Waals surface area contributed by atoms with Crippen LogP contribution in [-0.2, 0) is 18.4 Å². The monoisotopic (exact) mass is 254 g/mol. The molecule has 0 aromatic carbocycles. The molecular formula is C11H18N4O3. The Morgan fingerprint density at radius 3 is 2.67 bits per heavy atom. The molecule has 100 valence electrons. The minimum Gasteiger partial charge on any atom is -0.480 e. The van der Waals surface area contributed by atoms with E-state index in [0.29, 0.717) is 13.0 Å². The number of nitrogens with zero attached hydrogens (tertiary/aromatic N) is 2. The molecule has 1 atom stereocenters. The summed E-state index contributed by atoms with van der Waals surface area (Å²) in [4.78, 5) is 22.6. The van der Waals surface area contributed by atoms with Crippen molar-refractivity contribution in [3.8, 4) is 0 Å². The van der Waals surface area contributed by atoms with Crippen molar-refractivity contribution < 1.29 is 14.7 Å². The fraction of sp³-hybridized carbons (Fsp3) is 0.545. The molecule has 0 aliphatic carbocycles. The molecule has 0 fully saturated rings. The van der Waals surface area contributed by atoms with Crippen LogP contribution in [0.4, 0.5) is 4.79 Å². The molecule has 1 aromatic heterocycles. The summed E-state index contributed by atoms with van der Waals surface area (Å²) in [5.41, 5.74) is -0.403. The number of nitrogens with one attached hydrogen (secondary N) is 2. The lowest BCUT2D eigenvalue weighted by Crippen LogP contribution is -2.54. The molecule has 0 radical (unpaired) electrons. The van der Waals surface area contributed by atoms with Crippen LogP contribution in [0.3, 0.4) is 0 Å². The second kappa shape index (κ2) is 5.52. The molecule has 1 unspecified atom stereocenters. The van der Waals surface area contributed by atoms with Gasteiger partial charge in [-0.3, -0.25) is 4.68 Å². The molecule has 0 saturated heterocycles. The third-order valence-electron chi connectivity index (χ3n) is 2.78. The zero-order valence-corrected chi connectivity index (χ0v) is 10.7. The van der Waals surface area contributed by atoms with Crippen molar-refractivity contribution >= 4 is 12.0 Å². The molecular weight excluding hydrogens is 236 g/mol. The van der Waals surface area contributed by atoms with Crippen LogP contribution in [0.5, 0.6) is 0 Å². The smallest absolute Gasteiger partial charge is 0.329 e. The van der Waals surface area contributed by atoms with Crippen molar-refractivity contribution in [2.45, 2.75) is 32.4 Å².